The van der Waals surface area contributed by atoms with Crippen molar-refractivity contribution in [1.82, 2.24) is 9.47 Å². The molecule has 0 saturated carbocycles. The van der Waals surface area contributed by atoms with Crippen molar-refractivity contribution in [2.75, 3.05) is 20.2 Å². The predicted molar refractivity (Wildman–Crippen MR) is 133 cm³/mol. The topological polar surface area (TPSA) is 92.0 Å². The molecular formula is C26H23BrN2O5. The van der Waals surface area contributed by atoms with Crippen LogP contribution in [-0.4, -0.2) is 51.8 Å². The van der Waals surface area contributed by atoms with E-state index in [0.717, 1.165) is 15.4 Å². The summed E-state index contributed by atoms with van der Waals surface area (Å²) < 4.78 is 8.42. The molecule has 4 rings (SSSR count). The van der Waals surface area contributed by atoms with Gasteiger partial charge in [-0.1, -0.05) is 30.3 Å². The summed E-state index contributed by atoms with van der Waals surface area (Å²) in [6.07, 6.45) is 0. The minimum atomic E-state index is -1.04. The molecule has 0 aliphatic heterocycles. The molecule has 1 aromatic heterocycles. The van der Waals surface area contributed by atoms with Gasteiger partial charge in [-0.05, 0) is 57.9 Å². The third-order valence-electron chi connectivity index (χ3n) is 5.47. The highest BCUT2D eigenvalue weighted by atomic mass is 79.9. The monoisotopic (exact) mass is 522 g/mol. The molecule has 0 unspecified atom stereocenters. The summed E-state index contributed by atoms with van der Waals surface area (Å²) in [5.74, 6) is 0.0300. The second-order valence-corrected chi connectivity index (χ2v) is 8.68. The van der Waals surface area contributed by atoms with Crippen LogP contribution >= 0.6 is 15.9 Å². The van der Waals surface area contributed by atoms with E-state index in [-0.39, 0.29) is 24.8 Å². The lowest BCUT2D eigenvalue weighted by Gasteiger charge is -2.16. The van der Waals surface area contributed by atoms with E-state index in [9.17, 15) is 14.7 Å². The van der Waals surface area contributed by atoms with Crippen LogP contribution in [0.5, 0.6) is 11.5 Å². The van der Waals surface area contributed by atoms with Crippen LogP contribution in [0.15, 0.2) is 77.3 Å². The molecule has 3 aromatic carbocycles. The van der Waals surface area contributed by atoms with E-state index in [0.29, 0.717) is 29.1 Å². The van der Waals surface area contributed by atoms with Gasteiger partial charge in [-0.15, -0.1) is 0 Å². The number of ether oxygens (including phenoxy) is 1. The number of aliphatic hydroxyl groups is 1. The smallest absolute Gasteiger partial charge is 0.352 e. The number of aromatic nitrogens is 1. The Labute approximate surface area is 204 Å². The second kappa shape index (κ2) is 10.1. The number of hydrogen-bond donors (Lipinski definition) is 2. The van der Waals surface area contributed by atoms with Gasteiger partial charge in [-0.3, -0.25) is 4.79 Å². The average Bonchev–Trinajstić information content (AvgIpc) is 3.19. The van der Waals surface area contributed by atoms with Crippen LogP contribution < -0.4 is 4.74 Å². The van der Waals surface area contributed by atoms with Crippen molar-refractivity contribution < 1.29 is 24.5 Å². The molecule has 0 aliphatic carbocycles. The number of hydrogen-bond acceptors (Lipinski definition) is 4. The zero-order chi connectivity index (χ0) is 24.2. The molecule has 0 aliphatic rings. The fraction of sp³-hybridized carbons (Fsp3) is 0.154. The minimum Gasteiger partial charge on any atom is -0.477 e. The maximum Gasteiger partial charge on any atom is 0.352 e. The number of aliphatic hydroxyl groups excluding tert-OH is 1. The van der Waals surface area contributed by atoms with Gasteiger partial charge in [0, 0.05) is 41.6 Å². The van der Waals surface area contributed by atoms with Crippen molar-refractivity contribution in [3.8, 4) is 11.5 Å². The van der Waals surface area contributed by atoms with Crippen molar-refractivity contribution in [2.24, 2.45) is 0 Å². The van der Waals surface area contributed by atoms with Crippen LogP contribution in [0.25, 0.3) is 10.9 Å². The number of aromatic carboxylic acids is 1. The summed E-state index contributed by atoms with van der Waals surface area (Å²) in [5.41, 5.74) is 2.19. The molecular weight excluding hydrogens is 500 g/mol. The number of carboxylic acids is 1. The molecule has 7 nitrogen and oxygen atoms in total. The fourth-order valence-electron chi connectivity index (χ4n) is 3.73. The fourth-order valence-corrected chi connectivity index (χ4v) is 4.27. The Kier molecular flexibility index (Phi) is 7.00. The standard InChI is InChI=1S/C26H23BrN2O5/c1-28(11-12-30)25(31)18-9-7-17(8-10-18)16-29-23-14-20(34-19-5-3-2-4-6-19)13-22(27)21(23)15-24(29)26(32)33/h2-10,13-15,30H,11-12,16H2,1H3,(H,32,33). The van der Waals surface area contributed by atoms with Gasteiger partial charge in [-0.2, -0.15) is 0 Å². The maximum atomic E-state index is 12.4. The summed E-state index contributed by atoms with van der Waals surface area (Å²) in [5, 5.41) is 19.6. The Morgan fingerprint density at radius 2 is 1.71 bits per heavy atom. The van der Waals surface area contributed by atoms with E-state index < -0.39 is 5.97 Å². The number of carbonyl (C=O) groups excluding carboxylic acids is 1. The molecule has 1 amide bonds. The molecule has 0 spiro atoms. The summed E-state index contributed by atoms with van der Waals surface area (Å²) >= 11 is 3.55. The number of carboxylic acid groups (broad SMARTS) is 1. The highest BCUT2D eigenvalue weighted by Gasteiger charge is 2.18. The van der Waals surface area contributed by atoms with Crippen LogP contribution in [0.4, 0.5) is 0 Å². The number of benzene rings is 3. The Morgan fingerprint density at radius 1 is 1.00 bits per heavy atom. The van der Waals surface area contributed by atoms with Crippen molar-refractivity contribution in [3.05, 3.63) is 94.1 Å². The molecule has 34 heavy (non-hydrogen) atoms. The van der Waals surface area contributed by atoms with E-state index >= 15 is 0 Å². The molecule has 0 bridgehead atoms. The molecule has 0 radical (unpaired) electrons. The first-order chi connectivity index (χ1) is 16.4. The van der Waals surface area contributed by atoms with Crippen molar-refractivity contribution in [2.45, 2.75) is 6.54 Å². The lowest BCUT2D eigenvalue weighted by Crippen LogP contribution is -2.29. The SMILES string of the molecule is CN(CCO)C(=O)c1ccc(Cn2c(C(=O)O)cc3c(Br)cc(Oc4ccccc4)cc32)cc1. The Balaban J connectivity index is 1.69. The zero-order valence-electron chi connectivity index (χ0n) is 18.4. The molecule has 2 N–H and O–H groups in total. The van der Waals surface area contributed by atoms with Crippen LogP contribution in [0.3, 0.4) is 0 Å². The number of fused-ring (bicyclic) bond motifs is 1. The second-order valence-electron chi connectivity index (χ2n) is 7.82. The van der Waals surface area contributed by atoms with Gasteiger partial charge in [0.1, 0.15) is 17.2 Å². The maximum absolute atomic E-state index is 12.4. The normalized spacial score (nSPS) is 10.9. The lowest BCUT2D eigenvalue weighted by atomic mass is 10.1. The number of para-hydroxylation sites is 1. The van der Waals surface area contributed by atoms with Crippen LogP contribution in [-0.2, 0) is 6.54 Å². The van der Waals surface area contributed by atoms with Crippen LogP contribution in [0.1, 0.15) is 26.4 Å². The number of carbonyl (C=O) groups is 2. The van der Waals surface area contributed by atoms with Gasteiger partial charge >= 0.3 is 5.97 Å². The predicted octanol–water partition coefficient (Wildman–Crippen LogP) is 5.01. The minimum absolute atomic E-state index is 0.107. The lowest BCUT2D eigenvalue weighted by molar-refractivity contribution is 0.0685. The molecule has 0 atom stereocenters. The Hall–Kier alpha value is -3.62. The average molecular weight is 523 g/mol. The molecule has 1 heterocycles. The molecule has 0 saturated heterocycles. The van der Waals surface area contributed by atoms with Gasteiger partial charge in [0.05, 0.1) is 12.1 Å². The summed E-state index contributed by atoms with van der Waals surface area (Å²) in [6.45, 7) is 0.442. The van der Waals surface area contributed by atoms with Gasteiger partial charge in [-0.25, -0.2) is 4.79 Å². The Bertz CT molecular complexity index is 1330. The summed E-state index contributed by atoms with van der Waals surface area (Å²) in [4.78, 5) is 25.9. The summed E-state index contributed by atoms with van der Waals surface area (Å²) in [7, 11) is 1.63. The summed E-state index contributed by atoms with van der Waals surface area (Å²) in [6, 6.07) is 21.6. The van der Waals surface area contributed by atoms with Crippen LogP contribution in [0.2, 0.25) is 0 Å². The number of amides is 1. The third kappa shape index (κ3) is 4.98. The zero-order valence-corrected chi connectivity index (χ0v) is 20.0. The molecule has 8 heteroatoms. The van der Waals surface area contributed by atoms with Gasteiger partial charge in [0.25, 0.3) is 5.91 Å². The van der Waals surface area contributed by atoms with Crippen LogP contribution in [0, 0.1) is 0 Å². The van der Waals surface area contributed by atoms with Gasteiger partial charge in [0.2, 0.25) is 0 Å². The highest BCUT2D eigenvalue weighted by Crippen LogP contribution is 2.34. The first-order valence-corrected chi connectivity index (χ1v) is 11.4. The number of halogens is 1. The number of likely N-dealkylation sites (N-methyl/N-ethyl adjacent to an activating group) is 1. The van der Waals surface area contributed by atoms with Crippen molar-refractivity contribution >= 4 is 38.7 Å². The van der Waals surface area contributed by atoms with Gasteiger partial charge in [0.15, 0.2) is 0 Å². The molecule has 174 valence electrons. The van der Waals surface area contributed by atoms with Crippen molar-refractivity contribution in [3.63, 3.8) is 0 Å². The Morgan fingerprint density at radius 3 is 2.35 bits per heavy atom. The van der Waals surface area contributed by atoms with E-state index in [2.05, 4.69) is 15.9 Å². The first-order valence-electron chi connectivity index (χ1n) is 10.6. The number of rotatable bonds is 8. The first kappa shape index (κ1) is 23.5. The van der Waals surface area contributed by atoms with E-state index in [1.807, 2.05) is 42.5 Å². The van der Waals surface area contributed by atoms with E-state index in [4.69, 9.17) is 9.84 Å². The third-order valence-corrected chi connectivity index (χ3v) is 6.12. The molecule has 0 fully saturated rings. The van der Waals surface area contributed by atoms with E-state index in [1.165, 1.54) is 4.90 Å². The van der Waals surface area contributed by atoms with E-state index in [1.54, 1.807) is 41.9 Å². The largest absolute Gasteiger partial charge is 0.477 e. The molecule has 4 aromatic rings. The quantitative estimate of drug-likeness (QED) is 0.339. The number of nitrogens with zero attached hydrogens (tertiary/aromatic N) is 2. The van der Waals surface area contributed by atoms with Gasteiger partial charge < -0.3 is 24.4 Å². The van der Waals surface area contributed by atoms with Crippen molar-refractivity contribution in [1.29, 1.82) is 0 Å². The highest BCUT2D eigenvalue weighted by molar-refractivity contribution is 9.10.